The van der Waals surface area contributed by atoms with Crippen LogP contribution in [0.3, 0.4) is 0 Å². The van der Waals surface area contributed by atoms with Crippen LogP contribution in [0.2, 0.25) is 0 Å². The SMILES string of the molecule is CC1c2c(ccc(O)c2O)C(O)CN1C. The summed E-state index contributed by atoms with van der Waals surface area (Å²) in [6.07, 6.45) is -0.604. The summed E-state index contributed by atoms with van der Waals surface area (Å²) in [5, 5.41) is 29.0. The van der Waals surface area contributed by atoms with Crippen LogP contribution in [0, 0.1) is 0 Å². The lowest BCUT2D eigenvalue weighted by molar-refractivity contribution is 0.0872. The smallest absolute Gasteiger partial charge is 0.162 e. The Morgan fingerprint density at radius 1 is 1.33 bits per heavy atom. The predicted octanol–water partition coefficient (Wildman–Crippen LogP) is 1.14. The lowest BCUT2D eigenvalue weighted by atomic mass is 9.91. The first-order chi connectivity index (χ1) is 7.02. The van der Waals surface area contributed by atoms with Gasteiger partial charge < -0.3 is 15.3 Å². The molecule has 0 saturated carbocycles. The summed E-state index contributed by atoms with van der Waals surface area (Å²) in [5.74, 6) is -0.256. The van der Waals surface area contributed by atoms with Crippen LogP contribution in [0.4, 0.5) is 0 Å². The van der Waals surface area contributed by atoms with Crippen molar-refractivity contribution in [2.75, 3.05) is 13.6 Å². The molecule has 1 aliphatic heterocycles. The number of phenolic OH excluding ortho intramolecular Hbond substituents is 2. The van der Waals surface area contributed by atoms with E-state index >= 15 is 0 Å². The topological polar surface area (TPSA) is 63.9 Å². The number of hydrogen-bond acceptors (Lipinski definition) is 4. The van der Waals surface area contributed by atoms with Gasteiger partial charge in [0.2, 0.25) is 0 Å². The number of aliphatic hydroxyl groups excluding tert-OH is 1. The lowest BCUT2D eigenvalue weighted by Gasteiger charge is -2.35. The molecule has 3 N–H and O–H groups in total. The molecule has 15 heavy (non-hydrogen) atoms. The molecule has 0 saturated heterocycles. The van der Waals surface area contributed by atoms with E-state index in [1.165, 1.54) is 6.07 Å². The van der Waals surface area contributed by atoms with Crippen LogP contribution in [-0.4, -0.2) is 33.8 Å². The quantitative estimate of drug-likeness (QED) is 0.561. The van der Waals surface area contributed by atoms with Gasteiger partial charge in [0.15, 0.2) is 11.5 Å². The molecule has 82 valence electrons. The minimum Gasteiger partial charge on any atom is -0.504 e. The third-order valence-corrected chi connectivity index (χ3v) is 3.13. The monoisotopic (exact) mass is 209 g/mol. The third-order valence-electron chi connectivity index (χ3n) is 3.13. The molecule has 2 atom stereocenters. The summed E-state index contributed by atoms with van der Waals surface area (Å²) in [6, 6.07) is 3.07. The Hall–Kier alpha value is -1.26. The highest BCUT2D eigenvalue weighted by Crippen LogP contribution is 2.42. The van der Waals surface area contributed by atoms with E-state index in [9.17, 15) is 15.3 Å². The zero-order valence-corrected chi connectivity index (χ0v) is 8.81. The minimum atomic E-state index is -0.604. The van der Waals surface area contributed by atoms with Crippen molar-refractivity contribution in [1.82, 2.24) is 4.90 Å². The Balaban J connectivity index is 2.61. The largest absolute Gasteiger partial charge is 0.504 e. The average molecular weight is 209 g/mol. The van der Waals surface area contributed by atoms with E-state index < -0.39 is 6.10 Å². The minimum absolute atomic E-state index is 0.00417. The molecule has 1 aromatic carbocycles. The molecular formula is C11H15NO3. The van der Waals surface area contributed by atoms with Gasteiger partial charge in [0, 0.05) is 18.2 Å². The van der Waals surface area contributed by atoms with Gasteiger partial charge in [0.1, 0.15) is 0 Å². The molecule has 0 aliphatic carbocycles. The number of nitrogens with zero attached hydrogens (tertiary/aromatic N) is 1. The first-order valence-electron chi connectivity index (χ1n) is 4.95. The van der Waals surface area contributed by atoms with E-state index in [1.54, 1.807) is 6.07 Å². The normalized spacial score (nSPS) is 26.3. The Morgan fingerprint density at radius 3 is 2.67 bits per heavy atom. The lowest BCUT2D eigenvalue weighted by Crippen LogP contribution is -2.33. The fourth-order valence-electron chi connectivity index (χ4n) is 2.09. The van der Waals surface area contributed by atoms with Crippen LogP contribution < -0.4 is 0 Å². The molecule has 0 fully saturated rings. The van der Waals surface area contributed by atoms with Gasteiger partial charge in [-0.05, 0) is 25.6 Å². The maximum atomic E-state index is 9.83. The van der Waals surface area contributed by atoms with Crippen molar-refractivity contribution in [3.63, 3.8) is 0 Å². The molecule has 0 aromatic heterocycles. The van der Waals surface area contributed by atoms with Gasteiger partial charge in [-0.2, -0.15) is 0 Å². The first kappa shape index (κ1) is 10.3. The fraction of sp³-hybridized carbons (Fsp3) is 0.455. The zero-order chi connectivity index (χ0) is 11.2. The highest BCUT2D eigenvalue weighted by atomic mass is 16.3. The van der Waals surface area contributed by atoms with Crippen molar-refractivity contribution < 1.29 is 15.3 Å². The Bertz CT molecular complexity index is 392. The molecule has 1 aliphatic rings. The molecule has 1 aromatic rings. The summed E-state index contributed by atoms with van der Waals surface area (Å²) >= 11 is 0. The first-order valence-corrected chi connectivity index (χ1v) is 4.95. The molecule has 1 heterocycles. The van der Waals surface area contributed by atoms with Gasteiger partial charge >= 0.3 is 0 Å². The number of β-amino-alcohol motifs (C(OH)–C–C–N with tert-alkyl or cyclic N) is 1. The Morgan fingerprint density at radius 2 is 2.00 bits per heavy atom. The maximum Gasteiger partial charge on any atom is 0.162 e. The van der Waals surface area contributed by atoms with Crippen LogP contribution in [0.15, 0.2) is 12.1 Å². The summed E-state index contributed by atoms with van der Waals surface area (Å²) < 4.78 is 0. The summed E-state index contributed by atoms with van der Waals surface area (Å²) in [6.45, 7) is 2.47. The van der Waals surface area contributed by atoms with Gasteiger partial charge in [-0.15, -0.1) is 0 Å². The summed E-state index contributed by atoms with van der Waals surface area (Å²) in [5.41, 5.74) is 1.33. The number of likely N-dealkylation sites (N-methyl/N-ethyl adjacent to an activating group) is 1. The highest BCUT2D eigenvalue weighted by molar-refractivity contribution is 5.52. The second kappa shape index (κ2) is 3.40. The molecule has 0 spiro atoms. The molecular weight excluding hydrogens is 194 g/mol. The van der Waals surface area contributed by atoms with Gasteiger partial charge in [-0.3, -0.25) is 4.90 Å². The average Bonchev–Trinajstić information content (AvgIpc) is 2.19. The molecule has 2 unspecified atom stereocenters. The number of phenols is 2. The van der Waals surface area contributed by atoms with Gasteiger partial charge in [0.05, 0.1) is 6.10 Å². The Kier molecular flexibility index (Phi) is 2.32. The second-order valence-corrected chi connectivity index (χ2v) is 4.07. The zero-order valence-electron chi connectivity index (χ0n) is 8.81. The van der Waals surface area contributed by atoms with Gasteiger partial charge in [0.25, 0.3) is 0 Å². The van der Waals surface area contributed by atoms with Crippen LogP contribution in [0.25, 0.3) is 0 Å². The van der Waals surface area contributed by atoms with E-state index in [4.69, 9.17) is 0 Å². The van der Waals surface area contributed by atoms with E-state index in [0.717, 1.165) is 0 Å². The van der Waals surface area contributed by atoms with E-state index in [2.05, 4.69) is 0 Å². The van der Waals surface area contributed by atoms with Crippen molar-refractivity contribution in [3.8, 4) is 11.5 Å². The van der Waals surface area contributed by atoms with Crippen LogP contribution in [0.1, 0.15) is 30.2 Å². The number of aliphatic hydroxyl groups is 1. The van der Waals surface area contributed by atoms with E-state index in [1.807, 2.05) is 18.9 Å². The van der Waals surface area contributed by atoms with Crippen molar-refractivity contribution in [2.24, 2.45) is 0 Å². The van der Waals surface area contributed by atoms with Gasteiger partial charge in [-0.1, -0.05) is 6.07 Å². The third kappa shape index (κ3) is 1.46. The molecule has 0 amide bonds. The van der Waals surface area contributed by atoms with Crippen molar-refractivity contribution in [2.45, 2.75) is 19.1 Å². The van der Waals surface area contributed by atoms with Crippen molar-refractivity contribution in [1.29, 1.82) is 0 Å². The number of hydrogen-bond donors (Lipinski definition) is 3. The molecule has 2 rings (SSSR count). The summed E-state index contributed by atoms with van der Waals surface area (Å²) in [7, 11) is 1.88. The highest BCUT2D eigenvalue weighted by Gasteiger charge is 2.30. The van der Waals surface area contributed by atoms with Crippen molar-refractivity contribution in [3.05, 3.63) is 23.3 Å². The fourth-order valence-corrected chi connectivity index (χ4v) is 2.09. The maximum absolute atomic E-state index is 9.83. The number of rotatable bonds is 0. The molecule has 4 heteroatoms. The van der Waals surface area contributed by atoms with Crippen molar-refractivity contribution >= 4 is 0 Å². The Labute approximate surface area is 88.4 Å². The molecule has 0 bridgehead atoms. The van der Waals surface area contributed by atoms with Crippen LogP contribution in [-0.2, 0) is 0 Å². The number of benzene rings is 1. The van der Waals surface area contributed by atoms with Crippen LogP contribution in [0.5, 0.6) is 11.5 Å². The molecule has 4 nitrogen and oxygen atoms in total. The van der Waals surface area contributed by atoms with Crippen LogP contribution >= 0.6 is 0 Å². The standard InChI is InChI=1S/C11H15NO3/c1-6-10-7(9(14)5-12(6)2)3-4-8(13)11(10)15/h3-4,6,9,13-15H,5H2,1-2H3. The molecule has 0 radical (unpaired) electrons. The van der Waals surface area contributed by atoms with E-state index in [0.29, 0.717) is 17.7 Å². The second-order valence-electron chi connectivity index (χ2n) is 4.07. The van der Waals surface area contributed by atoms with E-state index in [-0.39, 0.29) is 17.5 Å². The van der Waals surface area contributed by atoms with Gasteiger partial charge in [-0.25, -0.2) is 0 Å². The number of fused-ring (bicyclic) bond motifs is 1. The number of aromatic hydroxyl groups is 2. The predicted molar refractivity (Wildman–Crippen MR) is 55.8 cm³/mol. The summed E-state index contributed by atoms with van der Waals surface area (Å²) in [4.78, 5) is 1.94.